The van der Waals surface area contributed by atoms with Gasteiger partial charge in [-0.25, -0.2) is 0 Å². The molecule has 4 heteroatoms. The van der Waals surface area contributed by atoms with E-state index in [-0.39, 0.29) is 0 Å². The second-order valence-electron chi connectivity index (χ2n) is 3.60. The van der Waals surface area contributed by atoms with Crippen LogP contribution in [-0.2, 0) is 9.53 Å². The molecule has 1 atom stereocenters. The summed E-state index contributed by atoms with van der Waals surface area (Å²) in [6.45, 7) is 6.26. The number of ether oxygens (including phenoxy) is 1. The lowest BCUT2D eigenvalue weighted by atomic mass is 10.1. The van der Waals surface area contributed by atoms with E-state index < -0.39 is 12.0 Å². The van der Waals surface area contributed by atoms with E-state index in [1.165, 1.54) is 0 Å². The molecule has 0 bridgehead atoms. The van der Waals surface area contributed by atoms with Crippen molar-refractivity contribution in [3.8, 4) is 0 Å². The van der Waals surface area contributed by atoms with Crippen molar-refractivity contribution in [3.05, 3.63) is 0 Å². The summed E-state index contributed by atoms with van der Waals surface area (Å²) in [5.41, 5.74) is 0. The predicted octanol–water partition coefficient (Wildman–Crippen LogP) is 1.65. The molecular weight excluding hydrogens is 194 g/mol. The summed E-state index contributed by atoms with van der Waals surface area (Å²) >= 11 is 0. The van der Waals surface area contributed by atoms with Crippen molar-refractivity contribution in [2.24, 2.45) is 0 Å². The lowest BCUT2D eigenvalue weighted by Crippen LogP contribution is -2.37. The van der Waals surface area contributed by atoms with Crippen LogP contribution < -0.4 is 5.32 Å². The molecule has 0 aromatic heterocycles. The van der Waals surface area contributed by atoms with Crippen molar-refractivity contribution in [2.45, 2.75) is 45.6 Å². The van der Waals surface area contributed by atoms with Crippen LogP contribution in [0.15, 0.2) is 0 Å². The van der Waals surface area contributed by atoms with E-state index >= 15 is 0 Å². The topological polar surface area (TPSA) is 58.6 Å². The zero-order valence-corrected chi connectivity index (χ0v) is 9.79. The van der Waals surface area contributed by atoms with E-state index in [9.17, 15) is 4.79 Å². The lowest BCUT2D eigenvalue weighted by Gasteiger charge is -2.13. The van der Waals surface area contributed by atoms with Gasteiger partial charge in [0.25, 0.3) is 0 Å². The monoisotopic (exact) mass is 217 g/mol. The highest BCUT2D eigenvalue weighted by Gasteiger charge is 2.14. The quantitative estimate of drug-likeness (QED) is 0.546. The van der Waals surface area contributed by atoms with Crippen LogP contribution in [0, 0.1) is 0 Å². The summed E-state index contributed by atoms with van der Waals surface area (Å²) in [7, 11) is 0. The average molecular weight is 217 g/mol. The number of hydrogen-bond acceptors (Lipinski definition) is 3. The van der Waals surface area contributed by atoms with Gasteiger partial charge in [-0.3, -0.25) is 4.79 Å². The second-order valence-corrected chi connectivity index (χ2v) is 3.60. The number of carbonyl (C=O) groups is 1. The summed E-state index contributed by atoms with van der Waals surface area (Å²) in [4.78, 5) is 10.8. The zero-order valence-electron chi connectivity index (χ0n) is 9.79. The van der Waals surface area contributed by atoms with E-state index in [2.05, 4.69) is 12.2 Å². The van der Waals surface area contributed by atoms with Gasteiger partial charge in [-0.05, 0) is 25.8 Å². The van der Waals surface area contributed by atoms with E-state index in [4.69, 9.17) is 9.84 Å². The van der Waals surface area contributed by atoms with E-state index in [1.54, 1.807) is 0 Å². The first-order valence-electron chi connectivity index (χ1n) is 5.76. The minimum atomic E-state index is -0.758. The third-order valence-electron chi connectivity index (χ3n) is 2.08. The predicted molar refractivity (Wildman–Crippen MR) is 60.1 cm³/mol. The SMILES string of the molecule is CCCOCCCNC(CCC)C(=O)O. The first-order valence-corrected chi connectivity index (χ1v) is 5.76. The van der Waals surface area contributed by atoms with Crippen LogP contribution in [0.3, 0.4) is 0 Å². The van der Waals surface area contributed by atoms with E-state index in [0.717, 1.165) is 25.9 Å². The number of carboxylic acids is 1. The molecule has 0 saturated carbocycles. The fraction of sp³-hybridized carbons (Fsp3) is 0.909. The van der Waals surface area contributed by atoms with Gasteiger partial charge in [0.05, 0.1) is 0 Å². The van der Waals surface area contributed by atoms with Gasteiger partial charge in [-0.1, -0.05) is 20.3 Å². The number of nitrogens with one attached hydrogen (secondary N) is 1. The molecule has 1 unspecified atom stereocenters. The molecule has 15 heavy (non-hydrogen) atoms. The first kappa shape index (κ1) is 14.4. The van der Waals surface area contributed by atoms with Gasteiger partial charge in [-0.15, -0.1) is 0 Å². The van der Waals surface area contributed by atoms with Crippen LogP contribution in [0.25, 0.3) is 0 Å². The van der Waals surface area contributed by atoms with Gasteiger partial charge in [0.15, 0.2) is 0 Å². The summed E-state index contributed by atoms with van der Waals surface area (Å²) in [6, 6.07) is -0.402. The maximum Gasteiger partial charge on any atom is 0.320 e. The molecule has 0 fully saturated rings. The molecule has 0 aromatic rings. The van der Waals surface area contributed by atoms with Crippen molar-refractivity contribution < 1.29 is 14.6 Å². The molecule has 0 aliphatic heterocycles. The van der Waals surface area contributed by atoms with Gasteiger partial charge in [0.1, 0.15) is 6.04 Å². The standard InChI is InChI=1S/C11H23NO3/c1-3-6-10(11(13)14)12-7-5-9-15-8-4-2/h10,12H,3-9H2,1-2H3,(H,13,14). The lowest BCUT2D eigenvalue weighted by molar-refractivity contribution is -0.139. The van der Waals surface area contributed by atoms with Gasteiger partial charge < -0.3 is 15.2 Å². The normalized spacial score (nSPS) is 12.7. The van der Waals surface area contributed by atoms with Crippen LogP contribution in [-0.4, -0.2) is 36.9 Å². The van der Waals surface area contributed by atoms with Crippen LogP contribution in [0.1, 0.15) is 39.5 Å². The number of carboxylic acid groups (broad SMARTS) is 1. The molecule has 0 amide bonds. The molecule has 0 aliphatic carbocycles. The zero-order chi connectivity index (χ0) is 11.5. The smallest absolute Gasteiger partial charge is 0.320 e. The number of hydrogen-bond donors (Lipinski definition) is 2. The molecule has 0 aromatic carbocycles. The van der Waals surface area contributed by atoms with Crippen LogP contribution in [0.2, 0.25) is 0 Å². The van der Waals surface area contributed by atoms with Crippen LogP contribution in [0.4, 0.5) is 0 Å². The van der Waals surface area contributed by atoms with Crippen molar-refractivity contribution in [1.29, 1.82) is 0 Å². The second kappa shape index (κ2) is 9.93. The Morgan fingerprint density at radius 2 is 2.07 bits per heavy atom. The molecule has 2 N–H and O–H groups in total. The van der Waals surface area contributed by atoms with Crippen LogP contribution in [0.5, 0.6) is 0 Å². The Hall–Kier alpha value is -0.610. The van der Waals surface area contributed by atoms with Gasteiger partial charge in [-0.2, -0.15) is 0 Å². The average Bonchev–Trinajstić information content (AvgIpc) is 2.21. The summed E-state index contributed by atoms with van der Waals surface area (Å²) in [5, 5.41) is 11.9. The van der Waals surface area contributed by atoms with Gasteiger partial charge in [0.2, 0.25) is 0 Å². The molecular formula is C11H23NO3. The Bertz CT molecular complexity index is 162. The van der Waals surface area contributed by atoms with Crippen molar-refractivity contribution in [1.82, 2.24) is 5.32 Å². The minimum Gasteiger partial charge on any atom is -0.480 e. The van der Waals surface area contributed by atoms with Crippen molar-refractivity contribution in [2.75, 3.05) is 19.8 Å². The van der Waals surface area contributed by atoms with Gasteiger partial charge >= 0.3 is 5.97 Å². The van der Waals surface area contributed by atoms with E-state index in [0.29, 0.717) is 19.6 Å². The molecule has 0 aliphatic rings. The Morgan fingerprint density at radius 3 is 2.60 bits per heavy atom. The van der Waals surface area contributed by atoms with Crippen molar-refractivity contribution >= 4 is 5.97 Å². The molecule has 0 spiro atoms. The Morgan fingerprint density at radius 1 is 1.33 bits per heavy atom. The summed E-state index contributed by atoms with van der Waals surface area (Å²) in [6.07, 6.45) is 3.47. The maximum absolute atomic E-state index is 10.8. The first-order chi connectivity index (χ1) is 7.22. The molecule has 0 radical (unpaired) electrons. The fourth-order valence-corrected chi connectivity index (χ4v) is 1.30. The molecule has 0 saturated heterocycles. The molecule has 0 rings (SSSR count). The Kier molecular flexibility index (Phi) is 9.52. The fourth-order valence-electron chi connectivity index (χ4n) is 1.30. The molecule has 4 nitrogen and oxygen atoms in total. The highest BCUT2D eigenvalue weighted by atomic mass is 16.5. The minimum absolute atomic E-state index is 0.402. The highest BCUT2D eigenvalue weighted by molar-refractivity contribution is 5.73. The number of rotatable bonds is 10. The van der Waals surface area contributed by atoms with E-state index in [1.807, 2.05) is 6.92 Å². The highest BCUT2D eigenvalue weighted by Crippen LogP contribution is 1.96. The third-order valence-corrected chi connectivity index (χ3v) is 2.08. The van der Waals surface area contributed by atoms with Crippen molar-refractivity contribution in [3.63, 3.8) is 0 Å². The molecule has 90 valence electrons. The summed E-state index contributed by atoms with van der Waals surface area (Å²) in [5.74, 6) is -0.758. The van der Waals surface area contributed by atoms with Gasteiger partial charge in [0, 0.05) is 13.2 Å². The number of aliphatic carboxylic acids is 1. The Labute approximate surface area is 92.0 Å². The largest absolute Gasteiger partial charge is 0.480 e. The third kappa shape index (κ3) is 8.39. The molecule has 0 heterocycles. The van der Waals surface area contributed by atoms with Crippen LogP contribution >= 0.6 is 0 Å². The maximum atomic E-state index is 10.8. The Balaban J connectivity index is 3.41. The summed E-state index contributed by atoms with van der Waals surface area (Å²) < 4.78 is 5.30.